The van der Waals surface area contributed by atoms with Crippen LogP contribution in [0.4, 0.5) is 0 Å². The number of rotatable bonds is 7. The highest BCUT2D eigenvalue weighted by Gasteiger charge is 2.37. The molecule has 0 aromatic rings. The smallest absolute Gasteiger partial charge is 0.160 e. The molecule has 2 saturated heterocycles. The van der Waals surface area contributed by atoms with E-state index in [0.29, 0.717) is 18.6 Å². The van der Waals surface area contributed by atoms with Crippen molar-refractivity contribution in [2.45, 2.75) is 43.9 Å². The fraction of sp³-hybridized carbons (Fsp3) is 0.923. The first kappa shape index (κ1) is 15.2. The van der Waals surface area contributed by atoms with Crippen LogP contribution in [0.2, 0.25) is 0 Å². The van der Waals surface area contributed by atoms with Gasteiger partial charge in [-0.15, -0.1) is 0 Å². The number of sulfone groups is 1. The SMILES string of the molecule is COC(CNCS(C)(=O)=O)CN1[C@@H]2C[CH]C[C@H]1CC2. The van der Waals surface area contributed by atoms with E-state index in [-0.39, 0.29) is 12.0 Å². The first-order valence-electron chi connectivity index (χ1n) is 6.98. The van der Waals surface area contributed by atoms with Gasteiger partial charge in [0.1, 0.15) is 0 Å². The van der Waals surface area contributed by atoms with Crippen molar-refractivity contribution in [3.05, 3.63) is 6.42 Å². The molecule has 6 heteroatoms. The molecule has 3 atom stereocenters. The lowest BCUT2D eigenvalue weighted by molar-refractivity contribution is 0.0398. The second-order valence-corrected chi connectivity index (χ2v) is 7.86. The molecule has 19 heavy (non-hydrogen) atoms. The number of hydrogen-bond donors (Lipinski definition) is 1. The van der Waals surface area contributed by atoms with E-state index in [1.165, 1.54) is 31.9 Å². The van der Waals surface area contributed by atoms with Gasteiger partial charge in [0, 0.05) is 38.5 Å². The van der Waals surface area contributed by atoms with E-state index >= 15 is 0 Å². The van der Waals surface area contributed by atoms with Crippen molar-refractivity contribution in [1.29, 1.82) is 0 Å². The highest BCUT2D eigenvalue weighted by Crippen LogP contribution is 2.34. The molecule has 0 aromatic heterocycles. The first-order chi connectivity index (χ1) is 8.99. The summed E-state index contributed by atoms with van der Waals surface area (Å²) in [5, 5.41) is 2.97. The summed E-state index contributed by atoms with van der Waals surface area (Å²) in [5.41, 5.74) is 0. The fourth-order valence-electron chi connectivity index (χ4n) is 3.16. The van der Waals surface area contributed by atoms with E-state index in [2.05, 4.69) is 16.6 Å². The Morgan fingerprint density at radius 1 is 1.37 bits per heavy atom. The van der Waals surface area contributed by atoms with Crippen LogP contribution in [0.5, 0.6) is 0 Å². The summed E-state index contributed by atoms with van der Waals surface area (Å²) in [5.74, 6) is 0.0213. The van der Waals surface area contributed by atoms with Crippen LogP contribution in [-0.2, 0) is 14.6 Å². The molecule has 2 bridgehead atoms. The Labute approximate surface area is 116 Å². The lowest BCUT2D eigenvalue weighted by atomic mass is 10.0. The second kappa shape index (κ2) is 6.52. The lowest BCUT2D eigenvalue weighted by Crippen LogP contribution is -2.47. The monoisotopic (exact) mass is 289 g/mol. The van der Waals surface area contributed by atoms with Crippen molar-refractivity contribution in [3.8, 4) is 0 Å². The molecule has 0 saturated carbocycles. The van der Waals surface area contributed by atoms with E-state index in [1.54, 1.807) is 7.11 Å². The van der Waals surface area contributed by atoms with Gasteiger partial charge in [0.2, 0.25) is 0 Å². The largest absolute Gasteiger partial charge is 0.379 e. The Kier molecular flexibility index (Phi) is 5.22. The number of piperidine rings is 1. The standard InChI is InChI=1S/C13H25N2O3S/c1-18-13(8-14-10-19(2,16)17)9-15-11-4-3-5-12(15)7-6-11/h3,11-14H,4-10H2,1-2H3/t11-,12+,13?. The highest BCUT2D eigenvalue weighted by molar-refractivity contribution is 7.90. The van der Waals surface area contributed by atoms with Gasteiger partial charge >= 0.3 is 0 Å². The lowest BCUT2D eigenvalue weighted by Gasteiger charge is -2.36. The quantitative estimate of drug-likeness (QED) is 0.736. The average molecular weight is 289 g/mol. The molecule has 2 rings (SSSR count). The normalized spacial score (nSPS) is 29.6. The number of methoxy groups -OCH3 is 1. The average Bonchev–Trinajstić information content (AvgIpc) is 2.58. The van der Waals surface area contributed by atoms with E-state index < -0.39 is 9.84 Å². The van der Waals surface area contributed by atoms with Crippen LogP contribution >= 0.6 is 0 Å². The van der Waals surface area contributed by atoms with Crippen LogP contribution in [0.1, 0.15) is 25.7 Å². The Morgan fingerprint density at radius 2 is 2.00 bits per heavy atom. The van der Waals surface area contributed by atoms with Gasteiger partial charge in [0.25, 0.3) is 0 Å². The van der Waals surface area contributed by atoms with Gasteiger partial charge in [-0.05, 0) is 32.1 Å². The second-order valence-electron chi connectivity index (χ2n) is 5.72. The van der Waals surface area contributed by atoms with E-state index in [4.69, 9.17) is 4.74 Å². The van der Waals surface area contributed by atoms with Gasteiger partial charge in [0.15, 0.2) is 9.84 Å². The summed E-state index contributed by atoms with van der Waals surface area (Å²) in [6, 6.07) is 1.35. The van der Waals surface area contributed by atoms with E-state index in [9.17, 15) is 8.42 Å². The minimum Gasteiger partial charge on any atom is -0.379 e. The number of nitrogens with zero attached hydrogens (tertiary/aromatic N) is 1. The molecule has 111 valence electrons. The summed E-state index contributed by atoms with van der Waals surface area (Å²) in [6.45, 7) is 1.49. The Balaban J connectivity index is 1.79. The van der Waals surface area contributed by atoms with Gasteiger partial charge in [0.05, 0.1) is 12.0 Å². The maximum Gasteiger partial charge on any atom is 0.160 e. The number of ether oxygens (including phenoxy) is 1. The first-order valence-corrected chi connectivity index (χ1v) is 9.04. The minimum atomic E-state index is -2.96. The van der Waals surface area contributed by atoms with Gasteiger partial charge in [-0.2, -0.15) is 0 Å². The molecule has 1 N–H and O–H groups in total. The number of nitrogens with one attached hydrogen (secondary N) is 1. The molecule has 5 nitrogen and oxygen atoms in total. The maximum atomic E-state index is 11.1. The van der Waals surface area contributed by atoms with Crippen LogP contribution in [0.3, 0.4) is 0 Å². The molecule has 2 aliphatic rings. The zero-order chi connectivity index (χ0) is 13.9. The maximum absolute atomic E-state index is 11.1. The molecule has 2 fully saturated rings. The van der Waals surface area contributed by atoms with Crippen molar-refractivity contribution < 1.29 is 13.2 Å². The summed E-state index contributed by atoms with van der Waals surface area (Å²) in [7, 11) is -1.26. The molecular weight excluding hydrogens is 264 g/mol. The number of fused-ring (bicyclic) bond motifs is 2. The Bertz CT molecular complexity index is 369. The van der Waals surface area contributed by atoms with E-state index in [1.807, 2.05) is 0 Å². The van der Waals surface area contributed by atoms with Gasteiger partial charge in [-0.1, -0.05) is 0 Å². The van der Waals surface area contributed by atoms with Crippen molar-refractivity contribution in [1.82, 2.24) is 10.2 Å². The van der Waals surface area contributed by atoms with Crippen molar-refractivity contribution in [2.24, 2.45) is 0 Å². The van der Waals surface area contributed by atoms with E-state index in [0.717, 1.165) is 6.54 Å². The van der Waals surface area contributed by atoms with Crippen LogP contribution in [-0.4, -0.2) is 63.8 Å². The molecule has 0 spiro atoms. The van der Waals surface area contributed by atoms with Gasteiger partial charge in [-0.3, -0.25) is 4.90 Å². The predicted molar refractivity (Wildman–Crippen MR) is 75.6 cm³/mol. The van der Waals surface area contributed by atoms with Crippen molar-refractivity contribution >= 4 is 9.84 Å². The Hall–Kier alpha value is -0.170. The molecule has 1 radical (unpaired) electrons. The molecule has 2 aliphatic heterocycles. The summed E-state index contributed by atoms with van der Waals surface area (Å²) < 4.78 is 27.7. The minimum absolute atomic E-state index is 0.0213. The van der Waals surface area contributed by atoms with Crippen LogP contribution in [0.25, 0.3) is 0 Å². The zero-order valence-electron chi connectivity index (χ0n) is 11.8. The van der Waals surface area contributed by atoms with Gasteiger partial charge in [-0.25, -0.2) is 8.42 Å². The molecule has 0 aliphatic carbocycles. The number of hydrogen-bond acceptors (Lipinski definition) is 5. The third-order valence-corrected chi connectivity index (χ3v) is 4.86. The molecule has 0 aromatic carbocycles. The summed E-state index contributed by atoms with van der Waals surface area (Å²) in [6.07, 6.45) is 8.64. The summed E-state index contributed by atoms with van der Waals surface area (Å²) >= 11 is 0. The van der Waals surface area contributed by atoms with Crippen LogP contribution in [0.15, 0.2) is 0 Å². The molecule has 2 heterocycles. The predicted octanol–water partition coefficient (Wildman–Crippen LogP) is 0.424. The highest BCUT2D eigenvalue weighted by atomic mass is 32.2. The topological polar surface area (TPSA) is 58.6 Å². The van der Waals surface area contributed by atoms with Crippen molar-refractivity contribution in [2.75, 3.05) is 32.3 Å². The van der Waals surface area contributed by atoms with Crippen molar-refractivity contribution in [3.63, 3.8) is 0 Å². The molecular formula is C13H25N2O3S. The Morgan fingerprint density at radius 3 is 2.53 bits per heavy atom. The summed E-state index contributed by atoms with van der Waals surface area (Å²) in [4.78, 5) is 2.55. The van der Waals surface area contributed by atoms with Gasteiger partial charge < -0.3 is 10.1 Å². The van der Waals surface area contributed by atoms with Crippen LogP contribution in [0, 0.1) is 6.42 Å². The third-order valence-electron chi connectivity index (χ3n) is 4.13. The molecule has 1 unspecified atom stereocenters. The van der Waals surface area contributed by atoms with Crippen LogP contribution < -0.4 is 5.32 Å². The molecule has 0 amide bonds. The zero-order valence-corrected chi connectivity index (χ0v) is 12.7. The fourth-order valence-corrected chi connectivity index (χ4v) is 3.65. The third kappa shape index (κ3) is 4.41.